The first kappa shape index (κ1) is 17.2. The zero-order valence-corrected chi connectivity index (χ0v) is 14.8. The minimum absolute atomic E-state index is 0.0621. The van der Waals surface area contributed by atoms with E-state index in [1.807, 2.05) is 44.2 Å². The first-order valence-corrected chi connectivity index (χ1v) is 9.02. The van der Waals surface area contributed by atoms with Crippen molar-refractivity contribution in [1.82, 2.24) is 24.8 Å². The van der Waals surface area contributed by atoms with Crippen LogP contribution in [0.4, 0.5) is 0 Å². The third-order valence-corrected chi connectivity index (χ3v) is 4.72. The Morgan fingerprint density at radius 1 is 1.36 bits per heavy atom. The Morgan fingerprint density at radius 2 is 2.12 bits per heavy atom. The summed E-state index contributed by atoms with van der Waals surface area (Å²) in [5.74, 6) is 0.158. The lowest BCUT2D eigenvalue weighted by atomic mass is 10.3. The third-order valence-electron chi connectivity index (χ3n) is 3.79. The maximum absolute atomic E-state index is 12.1. The van der Waals surface area contributed by atoms with E-state index < -0.39 is 0 Å². The highest BCUT2D eigenvalue weighted by molar-refractivity contribution is 7.99. The molecule has 0 aliphatic heterocycles. The van der Waals surface area contributed by atoms with E-state index in [0.29, 0.717) is 10.8 Å². The number of thioether (sulfide) groups is 1. The quantitative estimate of drug-likeness (QED) is 0.659. The van der Waals surface area contributed by atoms with Crippen molar-refractivity contribution in [1.29, 1.82) is 0 Å². The lowest BCUT2D eigenvalue weighted by Crippen LogP contribution is -2.33. The fraction of sp³-hybridized carbons (Fsp3) is 0.294. The van der Waals surface area contributed by atoms with E-state index in [-0.39, 0.29) is 28.8 Å². The third kappa shape index (κ3) is 3.74. The van der Waals surface area contributed by atoms with Crippen LogP contribution in [0, 0.1) is 0 Å². The summed E-state index contributed by atoms with van der Waals surface area (Å²) in [6.45, 7) is 3.98. The molecular formula is C17H19N5O2S. The summed E-state index contributed by atoms with van der Waals surface area (Å²) >= 11 is 1.28. The summed E-state index contributed by atoms with van der Waals surface area (Å²) in [6, 6.07) is 9.66. The fourth-order valence-corrected chi connectivity index (χ4v) is 3.16. The number of nitrogens with zero attached hydrogens (tertiary/aromatic N) is 3. The molecule has 7 nitrogen and oxygen atoms in total. The second kappa shape index (κ2) is 7.52. The molecular weight excluding hydrogens is 338 g/mol. The van der Waals surface area contributed by atoms with Crippen molar-refractivity contribution in [3.05, 3.63) is 47.0 Å². The summed E-state index contributed by atoms with van der Waals surface area (Å²) in [5.41, 5.74) is 1.27. The van der Waals surface area contributed by atoms with Crippen LogP contribution in [0.1, 0.15) is 20.3 Å². The minimum atomic E-state index is -0.300. The molecule has 2 aromatic heterocycles. The van der Waals surface area contributed by atoms with E-state index >= 15 is 0 Å². The SMILES string of the molecule is CC[C@@H](C)NC(=O)CSc1nc2c(=O)[nH]cnc2n1-c1ccccc1. The molecule has 0 aliphatic carbocycles. The molecule has 1 amide bonds. The average Bonchev–Trinajstić information content (AvgIpc) is 3.00. The minimum Gasteiger partial charge on any atom is -0.353 e. The van der Waals surface area contributed by atoms with Crippen LogP contribution in [0.25, 0.3) is 16.9 Å². The first-order chi connectivity index (χ1) is 12.1. The van der Waals surface area contributed by atoms with Gasteiger partial charge in [0.2, 0.25) is 5.91 Å². The largest absolute Gasteiger partial charge is 0.353 e. The molecule has 0 radical (unpaired) electrons. The van der Waals surface area contributed by atoms with E-state index in [1.165, 1.54) is 18.1 Å². The Balaban J connectivity index is 1.96. The van der Waals surface area contributed by atoms with Gasteiger partial charge in [0.25, 0.3) is 5.56 Å². The Bertz CT molecular complexity index is 935. The van der Waals surface area contributed by atoms with Crippen LogP contribution in [0.15, 0.2) is 46.6 Å². The number of rotatable bonds is 6. The number of nitrogens with one attached hydrogen (secondary N) is 2. The van der Waals surface area contributed by atoms with Gasteiger partial charge in [0.1, 0.15) is 0 Å². The van der Waals surface area contributed by atoms with Gasteiger partial charge in [-0.15, -0.1) is 0 Å². The maximum Gasteiger partial charge on any atom is 0.278 e. The molecule has 0 bridgehead atoms. The smallest absolute Gasteiger partial charge is 0.278 e. The van der Waals surface area contributed by atoms with Crippen LogP contribution in [0.5, 0.6) is 0 Å². The zero-order chi connectivity index (χ0) is 17.8. The summed E-state index contributed by atoms with van der Waals surface area (Å²) in [4.78, 5) is 35.3. The van der Waals surface area contributed by atoms with Gasteiger partial charge in [-0.1, -0.05) is 36.9 Å². The number of imidazole rings is 1. The van der Waals surface area contributed by atoms with Gasteiger partial charge in [-0.05, 0) is 25.5 Å². The van der Waals surface area contributed by atoms with Crippen molar-refractivity contribution in [3.63, 3.8) is 0 Å². The van der Waals surface area contributed by atoms with E-state index in [0.717, 1.165) is 12.1 Å². The number of hydrogen-bond donors (Lipinski definition) is 2. The molecule has 1 atom stereocenters. The number of carbonyl (C=O) groups is 1. The number of fused-ring (bicyclic) bond motifs is 1. The Labute approximate surface area is 148 Å². The highest BCUT2D eigenvalue weighted by Gasteiger charge is 2.17. The predicted molar refractivity (Wildman–Crippen MR) is 98.1 cm³/mol. The molecule has 8 heteroatoms. The van der Waals surface area contributed by atoms with Crippen molar-refractivity contribution in [3.8, 4) is 5.69 Å². The lowest BCUT2D eigenvalue weighted by molar-refractivity contribution is -0.119. The average molecular weight is 357 g/mol. The highest BCUT2D eigenvalue weighted by atomic mass is 32.2. The van der Waals surface area contributed by atoms with Crippen LogP contribution >= 0.6 is 11.8 Å². The van der Waals surface area contributed by atoms with Crippen LogP contribution in [-0.2, 0) is 4.79 Å². The molecule has 1 aromatic carbocycles. The van der Waals surface area contributed by atoms with Gasteiger partial charge in [-0.3, -0.25) is 14.2 Å². The van der Waals surface area contributed by atoms with E-state index in [2.05, 4.69) is 20.3 Å². The van der Waals surface area contributed by atoms with E-state index in [4.69, 9.17) is 0 Å². The summed E-state index contributed by atoms with van der Waals surface area (Å²) in [6.07, 6.45) is 2.23. The molecule has 0 saturated heterocycles. The number of carbonyl (C=O) groups excluding carboxylic acids is 1. The van der Waals surface area contributed by atoms with Crippen molar-refractivity contribution in [2.75, 3.05) is 5.75 Å². The molecule has 0 aliphatic rings. The Kier molecular flexibility index (Phi) is 5.18. The molecule has 25 heavy (non-hydrogen) atoms. The zero-order valence-electron chi connectivity index (χ0n) is 14.0. The predicted octanol–water partition coefficient (Wildman–Crippen LogP) is 2.12. The van der Waals surface area contributed by atoms with E-state index in [9.17, 15) is 9.59 Å². The Morgan fingerprint density at radius 3 is 2.84 bits per heavy atom. The highest BCUT2D eigenvalue weighted by Crippen LogP contribution is 2.25. The molecule has 0 fully saturated rings. The van der Waals surface area contributed by atoms with Gasteiger partial charge in [-0.2, -0.15) is 0 Å². The van der Waals surface area contributed by atoms with Gasteiger partial charge >= 0.3 is 0 Å². The van der Waals surface area contributed by atoms with Crippen molar-refractivity contribution >= 4 is 28.8 Å². The van der Waals surface area contributed by atoms with Crippen molar-refractivity contribution in [2.24, 2.45) is 0 Å². The number of aromatic nitrogens is 4. The number of aromatic amines is 1. The number of hydrogen-bond acceptors (Lipinski definition) is 5. The molecule has 0 saturated carbocycles. The molecule has 130 valence electrons. The van der Waals surface area contributed by atoms with Gasteiger partial charge in [-0.25, -0.2) is 9.97 Å². The fourth-order valence-electron chi connectivity index (χ4n) is 2.34. The number of H-pyrrole nitrogens is 1. The van der Waals surface area contributed by atoms with Crippen molar-refractivity contribution < 1.29 is 4.79 Å². The molecule has 2 heterocycles. The molecule has 3 aromatic rings. The number of benzene rings is 1. The monoisotopic (exact) mass is 357 g/mol. The van der Waals surface area contributed by atoms with Gasteiger partial charge in [0, 0.05) is 11.7 Å². The first-order valence-electron chi connectivity index (χ1n) is 8.04. The molecule has 0 unspecified atom stereocenters. The van der Waals surface area contributed by atoms with Crippen LogP contribution in [0.2, 0.25) is 0 Å². The molecule has 3 rings (SSSR count). The van der Waals surface area contributed by atoms with Gasteiger partial charge in [0.15, 0.2) is 16.3 Å². The summed E-state index contributed by atoms with van der Waals surface area (Å²) in [5, 5.41) is 3.48. The van der Waals surface area contributed by atoms with Crippen LogP contribution in [-0.4, -0.2) is 37.2 Å². The second-order valence-electron chi connectivity index (χ2n) is 5.63. The van der Waals surface area contributed by atoms with Crippen LogP contribution in [0.3, 0.4) is 0 Å². The van der Waals surface area contributed by atoms with Crippen LogP contribution < -0.4 is 10.9 Å². The van der Waals surface area contributed by atoms with E-state index in [1.54, 1.807) is 4.57 Å². The number of para-hydroxylation sites is 1. The summed E-state index contributed by atoms with van der Waals surface area (Å²) < 4.78 is 1.80. The van der Waals surface area contributed by atoms with Gasteiger partial charge in [0.05, 0.1) is 12.1 Å². The normalized spacial score (nSPS) is 12.2. The van der Waals surface area contributed by atoms with Gasteiger partial charge < -0.3 is 10.3 Å². The topological polar surface area (TPSA) is 92.7 Å². The van der Waals surface area contributed by atoms with Crippen molar-refractivity contribution in [2.45, 2.75) is 31.5 Å². The summed E-state index contributed by atoms with van der Waals surface area (Å²) in [7, 11) is 0. The molecule has 0 spiro atoms. The number of amides is 1. The Hall–Kier alpha value is -2.61. The maximum atomic E-state index is 12.1. The second-order valence-corrected chi connectivity index (χ2v) is 6.58. The standard InChI is InChI=1S/C17H19N5O2S/c1-3-11(2)20-13(23)9-25-17-21-14-15(18-10-19-16(14)24)22(17)12-7-5-4-6-8-12/h4-8,10-11H,3,9H2,1-2H3,(H,20,23)(H,18,19,24)/t11-/m1/s1. The lowest BCUT2D eigenvalue weighted by Gasteiger charge is -2.11. The molecule has 2 N–H and O–H groups in total.